The van der Waals surface area contributed by atoms with Gasteiger partial charge in [0.1, 0.15) is 18.6 Å². The van der Waals surface area contributed by atoms with Crippen LogP contribution < -0.4 is 5.32 Å². The van der Waals surface area contributed by atoms with Gasteiger partial charge in [-0.1, -0.05) is 19.2 Å². The van der Waals surface area contributed by atoms with E-state index in [4.69, 9.17) is 14.5 Å². The smallest absolute Gasteiger partial charge is 0.386 e. The van der Waals surface area contributed by atoms with E-state index >= 15 is 0 Å². The van der Waals surface area contributed by atoms with Crippen molar-refractivity contribution in [3.05, 3.63) is 37.3 Å². The highest BCUT2D eigenvalue weighted by atomic mass is 31.3. The second-order valence-corrected chi connectivity index (χ2v) is 11.1. The number of nitrogens with one attached hydrogen (secondary N) is 1. The highest BCUT2D eigenvalue weighted by Gasteiger charge is 2.65. The molecule has 2 aliphatic rings. The molecule has 1 amide bonds. The molecule has 2 heterocycles. The van der Waals surface area contributed by atoms with Crippen molar-refractivity contribution in [2.24, 2.45) is 0 Å². The second kappa shape index (κ2) is 9.40. The molecule has 0 aromatic heterocycles. The molecule has 2 aliphatic heterocycles. The maximum atomic E-state index is 14.0. The fourth-order valence-electron chi connectivity index (χ4n) is 2.89. The minimum Gasteiger partial charge on any atom is -0.386 e. The van der Waals surface area contributed by atoms with Gasteiger partial charge in [0.15, 0.2) is 17.4 Å². The summed E-state index contributed by atoms with van der Waals surface area (Å²) in [5, 5.41) is 23.7. The third-order valence-electron chi connectivity index (χ3n) is 4.34. The molecule has 0 aromatic rings. The lowest BCUT2D eigenvalue weighted by Gasteiger charge is -2.37. The molecular weight excluding hydrogens is 520 g/mol. The Morgan fingerprint density at radius 1 is 1.24 bits per heavy atom. The molecule has 20 heteroatoms. The molecule has 2 unspecified atom stereocenters. The minimum atomic E-state index is -5.86. The molecule has 0 radical (unpaired) electrons. The van der Waals surface area contributed by atoms with Crippen LogP contribution in [0.15, 0.2) is 37.3 Å². The zero-order valence-corrected chi connectivity index (χ0v) is 19.0. The zero-order valence-electron chi connectivity index (χ0n) is 16.3. The molecule has 2 rings (SSSR count). The topological polar surface area (TPSA) is 242 Å². The van der Waals surface area contributed by atoms with E-state index in [9.17, 15) is 42.9 Å². The number of carbonyl (C=O) groups excluding carboxylic acids is 1. The number of carbonyl (C=O) groups is 1. The summed E-state index contributed by atoms with van der Waals surface area (Å²) in [5.41, 5.74) is -5.10. The van der Waals surface area contributed by atoms with E-state index in [-0.39, 0.29) is 5.82 Å². The molecule has 1 fully saturated rings. The first-order chi connectivity index (χ1) is 14.9. The highest BCUT2D eigenvalue weighted by molar-refractivity contribution is 7.66. The summed E-state index contributed by atoms with van der Waals surface area (Å²) in [6, 6.07) is 0. The standard InChI is InChI=1S/C13H20FN2O14P3/c1-3-13(19)10(18)12(6-14,28-11(13)16-5-4-9(17)15-8(16)2)7-27-32(23,24)30-33(25,26)29-31(20,21)22/h3-5,10-11,18-19H,1-2,6-7H2,(H,15,17)(H,23,24)(H,25,26)(H2,20,21,22)/t10-,11-,12-,13-/m1/s1. The van der Waals surface area contributed by atoms with E-state index in [1.165, 1.54) is 0 Å². The van der Waals surface area contributed by atoms with E-state index in [2.05, 4.69) is 31.6 Å². The maximum Gasteiger partial charge on any atom is 0.490 e. The molecule has 188 valence electrons. The summed E-state index contributed by atoms with van der Waals surface area (Å²) in [5.74, 6) is -0.760. The molecule has 33 heavy (non-hydrogen) atoms. The van der Waals surface area contributed by atoms with Crippen LogP contribution in [-0.4, -0.2) is 77.4 Å². The van der Waals surface area contributed by atoms with E-state index in [0.717, 1.165) is 23.3 Å². The van der Waals surface area contributed by atoms with Crippen LogP contribution in [0.25, 0.3) is 0 Å². The van der Waals surface area contributed by atoms with Crippen LogP contribution in [0.2, 0.25) is 0 Å². The molecule has 16 nitrogen and oxygen atoms in total. The van der Waals surface area contributed by atoms with Crippen molar-refractivity contribution >= 4 is 29.4 Å². The van der Waals surface area contributed by atoms with E-state index < -0.39 is 66.2 Å². The van der Waals surface area contributed by atoms with Crippen molar-refractivity contribution in [2.45, 2.75) is 23.5 Å². The Kier molecular flexibility index (Phi) is 7.96. The summed E-state index contributed by atoms with van der Waals surface area (Å²) >= 11 is 0. The van der Waals surface area contributed by atoms with Gasteiger partial charge in [-0.15, -0.1) is 0 Å². The number of alkyl halides is 1. The summed E-state index contributed by atoms with van der Waals surface area (Å²) in [6.45, 7) is 3.77. The van der Waals surface area contributed by atoms with Gasteiger partial charge in [0, 0.05) is 12.3 Å². The molecule has 0 aromatic carbocycles. The van der Waals surface area contributed by atoms with Gasteiger partial charge in [0.2, 0.25) is 0 Å². The van der Waals surface area contributed by atoms with Crippen molar-refractivity contribution in [3.8, 4) is 0 Å². The Bertz CT molecular complexity index is 1000. The van der Waals surface area contributed by atoms with Gasteiger partial charge < -0.3 is 44.7 Å². The van der Waals surface area contributed by atoms with Gasteiger partial charge in [-0.05, 0) is 0 Å². The van der Waals surface area contributed by atoms with Gasteiger partial charge in [0.05, 0.1) is 6.61 Å². The number of hydrogen-bond donors (Lipinski definition) is 7. The average molecular weight is 540 g/mol. The Morgan fingerprint density at radius 2 is 1.85 bits per heavy atom. The number of hydrogen-bond acceptors (Lipinski definition) is 11. The summed E-state index contributed by atoms with van der Waals surface area (Å²) in [6.07, 6.45) is -1.14. The minimum absolute atomic E-state index is 0.164. The number of phosphoric ester groups is 1. The van der Waals surface area contributed by atoms with E-state index in [0.29, 0.717) is 0 Å². The van der Waals surface area contributed by atoms with Crippen LogP contribution in [0.3, 0.4) is 0 Å². The first-order valence-electron chi connectivity index (χ1n) is 8.43. The van der Waals surface area contributed by atoms with Crippen LogP contribution in [-0.2, 0) is 36.4 Å². The average Bonchev–Trinajstić information content (AvgIpc) is 2.86. The van der Waals surface area contributed by atoms with Crippen molar-refractivity contribution in [1.82, 2.24) is 10.2 Å². The Hall–Kier alpha value is -1.29. The van der Waals surface area contributed by atoms with Gasteiger partial charge in [-0.2, -0.15) is 8.62 Å². The number of amides is 1. The van der Waals surface area contributed by atoms with Gasteiger partial charge in [0.25, 0.3) is 5.91 Å². The Balaban J connectivity index is 2.28. The molecule has 1 saturated heterocycles. The molecule has 0 spiro atoms. The quantitative estimate of drug-likeness (QED) is 0.131. The molecule has 7 N–H and O–H groups in total. The van der Waals surface area contributed by atoms with Crippen molar-refractivity contribution in [3.63, 3.8) is 0 Å². The van der Waals surface area contributed by atoms with Crippen molar-refractivity contribution in [1.29, 1.82) is 0 Å². The number of nitrogens with zero attached hydrogens (tertiary/aromatic N) is 1. The molecular formula is C13H20FN2O14P3. The molecule has 0 aliphatic carbocycles. The number of aliphatic hydroxyl groups excluding tert-OH is 1. The lowest BCUT2D eigenvalue weighted by molar-refractivity contribution is -0.145. The predicted octanol–water partition coefficient (Wildman–Crippen LogP) is -0.911. The third kappa shape index (κ3) is 6.24. The first kappa shape index (κ1) is 28.0. The highest BCUT2D eigenvalue weighted by Crippen LogP contribution is 2.66. The third-order valence-corrected chi connectivity index (χ3v) is 8.12. The number of aliphatic hydroxyl groups is 2. The van der Waals surface area contributed by atoms with Crippen LogP contribution >= 0.6 is 23.5 Å². The summed E-state index contributed by atoms with van der Waals surface area (Å²) in [7, 11) is -17.2. The normalized spacial score (nSPS) is 34.0. The van der Waals surface area contributed by atoms with E-state index in [1.54, 1.807) is 0 Å². The van der Waals surface area contributed by atoms with Crippen LogP contribution in [0.4, 0.5) is 4.39 Å². The largest absolute Gasteiger partial charge is 0.490 e. The zero-order chi connectivity index (χ0) is 25.5. The monoisotopic (exact) mass is 540 g/mol. The van der Waals surface area contributed by atoms with Gasteiger partial charge in [-0.3, -0.25) is 9.32 Å². The summed E-state index contributed by atoms with van der Waals surface area (Å²) < 4.78 is 64.9. The lowest BCUT2D eigenvalue weighted by atomic mass is 9.87. The molecule has 6 atom stereocenters. The number of phosphoric acid groups is 3. The second-order valence-electron chi connectivity index (χ2n) is 6.69. The fourth-order valence-corrected chi connectivity index (χ4v) is 5.96. The molecule has 0 saturated carbocycles. The van der Waals surface area contributed by atoms with Crippen LogP contribution in [0.1, 0.15) is 0 Å². The summed E-state index contributed by atoms with van der Waals surface area (Å²) in [4.78, 5) is 48.2. The van der Waals surface area contributed by atoms with Crippen LogP contribution in [0, 0.1) is 0 Å². The first-order valence-corrected chi connectivity index (χ1v) is 12.9. The Labute approximate surface area is 185 Å². The van der Waals surface area contributed by atoms with Crippen molar-refractivity contribution < 1.29 is 70.5 Å². The van der Waals surface area contributed by atoms with Gasteiger partial charge in [-0.25, -0.2) is 18.1 Å². The number of halogens is 1. The van der Waals surface area contributed by atoms with Crippen LogP contribution in [0.5, 0.6) is 0 Å². The maximum absolute atomic E-state index is 14.0. The van der Waals surface area contributed by atoms with Gasteiger partial charge >= 0.3 is 23.5 Å². The predicted molar refractivity (Wildman–Crippen MR) is 103 cm³/mol. The molecule has 0 bridgehead atoms. The van der Waals surface area contributed by atoms with Crippen molar-refractivity contribution in [2.75, 3.05) is 13.3 Å². The van der Waals surface area contributed by atoms with E-state index in [1.807, 2.05) is 0 Å². The SMILES string of the molecule is C=C[C@@]1(O)[C@H](O)[C@@](CF)(COP(=O)(O)OP(=O)(O)OP(=O)(O)O)O[C@H]1N1C=CC(=O)NC1=C. The number of rotatable bonds is 10. The lowest BCUT2D eigenvalue weighted by Crippen LogP contribution is -2.56. The number of ether oxygens (including phenoxy) is 1. The fraction of sp³-hybridized carbons (Fsp3) is 0.462. The Morgan fingerprint density at radius 3 is 2.33 bits per heavy atom.